The number of nitrogens with one attached hydrogen (secondary N) is 1. The lowest BCUT2D eigenvalue weighted by Crippen LogP contribution is -2.53. The van der Waals surface area contributed by atoms with Crippen molar-refractivity contribution in [3.05, 3.63) is 101 Å². The highest BCUT2D eigenvalue weighted by Gasteiger charge is 2.33. The summed E-state index contributed by atoms with van der Waals surface area (Å²) in [5.41, 5.74) is 2.31. The molecule has 0 aliphatic carbocycles. The molecule has 0 aliphatic heterocycles. The number of hydrogen-bond acceptors (Lipinski definition) is 4. The molecule has 208 valence electrons. The van der Waals surface area contributed by atoms with Crippen LogP contribution in [0.25, 0.3) is 0 Å². The van der Waals surface area contributed by atoms with E-state index >= 15 is 0 Å². The van der Waals surface area contributed by atoms with Crippen LogP contribution in [-0.4, -0.2) is 50.5 Å². The van der Waals surface area contributed by atoms with Crippen molar-refractivity contribution in [3.63, 3.8) is 0 Å². The molecule has 0 heterocycles. The zero-order valence-electron chi connectivity index (χ0n) is 22.6. The van der Waals surface area contributed by atoms with Gasteiger partial charge in [0.05, 0.1) is 11.9 Å². The lowest BCUT2D eigenvalue weighted by Gasteiger charge is -2.33. The summed E-state index contributed by atoms with van der Waals surface area (Å²) in [6, 6.07) is 21.1. The minimum absolute atomic E-state index is 0.183. The van der Waals surface area contributed by atoms with Gasteiger partial charge in [0.15, 0.2) is 0 Å². The Labute approximate surface area is 230 Å². The number of anilines is 1. The fourth-order valence-corrected chi connectivity index (χ4v) is 5.04. The molecule has 0 spiro atoms. The van der Waals surface area contributed by atoms with E-state index in [9.17, 15) is 22.4 Å². The summed E-state index contributed by atoms with van der Waals surface area (Å²) in [7, 11) is -3.85. The van der Waals surface area contributed by atoms with Crippen LogP contribution < -0.4 is 9.62 Å². The summed E-state index contributed by atoms with van der Waals surface area (Å²) >= 11 is 0. The normalized spacial score (nSPS) is 12.0. The minimum Gasteiger partial charge on any atom is -0.354 e. The van der Waals surface area contributed by atoms with E-state index in [0.29, 0.717) is 12.2 Å². The van der Waals surface area contributed by atoms with Gasteiger partial charge in [-0.1, -0.05) is 79.6 Å². The molecule has 39 heavy (non-hydrogen) atoms. The van der Waals surface area contributed by atoms with Crippen LogP contribution in [0.1, 0.15) is 36.5 Å². The van der Waals surface area contributed by atoms with Crippen molar-refractivity contribution in [3.8, 4) is 0 Å². The van der Waals surface area contributed by atoms with Gasteiger partial charge in [-0.2, -0.15) is 0 Å². The van der Waals surface area contributed by atoms with Gasteiger partial charge >= 0.3 is 0 Å². The predicted octanol–water partition coefficient (Wildman–Crippen LogP) is 4.46. The molecule has 0 aromatic heterocycles. The Morgan fingerprint density at radius 2 is 1.59 bits per heavy atom. The van der Waals surface area contributed by atoms with Gasteiger partial charge in [0.1, 0.15) is 18.4 Å². The van der Waals surface area contributed by atoms with E-state index in [2.05, 4.69) is 5.32 Å². The van der Waals surface area contributed by atoms with Crippen molar-refractivity contribution < 1.29 is 22.4 Å². The summed E-state index contributed by atoms with van der Waals surface area (Å²) < 4.78 is 41.3. The van der Waals surface area contributed by atoms with Gasteiger partial charge in [-0.05, 0) is 37.1 Å². The number of halogens is 1. The van der Waals surface area contributed by atoms with Crippen LogP contribution in [0.3, 0.4) is 0 Å². The number of carbonyl (C=O) groups excluding carboxylic acids is 2. The van der Waals surface area contributed by atoms with Crippen molar-refractivity contribution >= 4 is 27.5 Å². The second-order valence-electron chi connectivity index (χ2n) is 9.57. The van der Waals surface area contributed by atoms with Gasteiger partial charge in [0, 0.05) is 25.1 Å². The van der Waals surface area contributed by atoms with Gasteiger partial charge in [-0.15, -0.1) is 0 Å². The number of aryl methyl sites for hydroxylation is 1. The number of hydrogen-bond donors (Lipinski definition) is 1. The first-order chi connectivity index (χ1) is 18.6. The molecule has 7 nitrogen and oxygen atoms in total. The molecular weight excluding hydrogens is 517 g/mol. The number of nitrogens with zero attached hydrogens (tertiary/aromatic N) is 2. The molecule has 0 aliphatic rings. The fourth-order valence-electron chi connectivity index (χ4n) is 4.20. The molecule has 1 N–H and O–H groups in total. The number of rotatable bonds is 13. The number of unbranched alkanes of at least 4 members (excludes halogenated alkanes) is 1. The lowest BCUT2D eigenvalue weighted by atomic mass is 10.0. The zero-order chi connectivity index (χ0) is 28.4. The maximum atomic E-state index is 14.8. The van der Waals surface area contributed by atoms with Crippen LogP contribution in [0.15, 0.2) is 78.9 Å². The van der Waals surface area contributed by atoms with Crippen molar-refractivity contribution in [2.75, 3.05) is 23.7 Å². The second-order valence-corrected chi connectivity index (χ2v) is 11.5. The third-order valence-electron chi connectivity index (χ3n) is 6.40. The predicted molar refractivity (Wildman–Crippen MR) is 152 cm³/mol. The summed E-state index contributed by atoms with van der Waals surface area (Å²) in [5, 5.41) is 2.90. The van der Waals surface area contributed by atoms with Crippen LogP contribution >= 0.6 is 0 Å². The molecule has 0 radical (unpaired) electrons. The largest absolute Gasteiger partial charge is 0.354 e. The average molecular weight is 554 g/mol. The Morgan fingerprint density at radius 3 is 2.21 bits per heavy atom. The van der Waals surface area contributed by atoms with E-state index in [-0.39, 0.29) is 24.4 Å². The topological polar surface area (TPSA) is 86.8 Å². The van der Waals surface area contributed by atoms with E-state index in [1.54, 1.807) is 42.5 Å². The lowest BCUT2D eigenvalue weighted by molar-refractivity contribution is -0.140. The van der Waals surface area contributed by atoms with Crippen LogP contribution in [-0.2, 0) is 32.6 Å². The molecule has 0 bridgehead atoms. The summed E-state index contributed by atoms with van der Waals surface area (Å²) in [6.45, 7) is 3.58. The van der Waals surface area contributed by atoms with Crippen molar-refractivity contribution in [1.82, 2.24) is 10.2 Å². The summed E-state index contributed by atoms with van der Waals surface area (Å²) in [4.78, 5) is 28.7. The van der Waals surface area contributed by atoms with E-state index in [4.69, 9.17) is 0 Å². The van der Waals surface area contributed by atoms with Crippen molar-refractivity contribution in [2.24, 2.45) is 0 Å². The quantitative estimate of drug-likeness (QED) is 0.317. The molecule has 2 amide bonds. The zero-order valence-corrected chi connectivity index (χ0v) is 23.5. The molecule has 3 rings (SSSR count). The second kappa shape index (κ2) is 13.9. The fraction of sp³-hybridized carbons (Fsp3) is 0.333. The third-order valence-corrected chi connectivity index (χ3v) is 7.54. The van der Waals surface area contributed by atoms with E-state index < -0.39 is 34.3 Å². The Bertz CT molecular complexity index is 1350. The molecule has 1 unspecified atom stereocenters. The maximum absolute atomic E-state index is 14.8. The smallest absolute Gasteiger partial charge is 0.244 e. The number of sulfonamides is 1. The molecule has 3 aromatic rings. The van der Waals surface area contributed by atoms with Crippen molar-refractivity contribution in [2.45, 2.75) is 45.7 Å². The summed E-state index contributed by atoms with van der Waals surface area (Å²) in [5.74, 6) is -1.51. The van der Waals surface area contributed by atoms with Gasteiger partial charge in [-0.25, -0.2) is 12.8 Å². The number of benzene rings is 3. The minimum atomic E-state index is -3.85. The Kier molecular flexibility index (Phi) is 10.6. The highest BCUT2D eigenvalue weighted by atomic mass is 32.2. The Morgan fingerprint density at radius 1 is 0.949 bits per heavy atom. The molecule has 1 atom stereocenters. The third kappa shape index (κ3) is 8.64. The molecule has 9 heteroatoms. The van der Waals surface area contributed by atoms with Gasteiger partial charge in [0.2, 0.25) is 21.8 Å². The SMILES string of the molecule is CCCCNC(=O)C(Cc1ccccc1)N(Cc1ccccc1F)C(=O)CN(c1ccc(C)cc1)S(C)(=O)=O. The van der Waals surface area contributed by atoms with Crippen LogP contribution in [0, 0.1) is 12.7 Å². The maximum Gasteiger partial charge on any atom is 0.244 e. The van der Waals surface area contributed by atoms with Crippen LogP contribution in [0.2, 0.25) is 0 Å². The highest BCUT2D eigenvalue weighted by molar-refractivity contribution is 7.92. The number of amides is 2. The molecular formula is C30H36FN3O4S. The van der Waals surface area contributed by atoms with Crippen molar-refractivity contribution in [1.29, 1.82) is 0 Å². The summed E-state index contributed by atoms with van der Waals surface area (Å²) in [6.07, 6.45) is 2.85. The standard InChI is InChI=1S/C30H36FN3O4S/c1-4-5-19-32-30(36)28(20-24-11-7-6-8-12-24)33(21-25-13-9-10-14-27(25)31)29(35)22-34(39(3,37)38)26-17-15-23(2)16-18-26/h6-18,28H,4-5,19-22H2,1-3H3,(H,32,36). The highest BCUT2D eigenvalue weighted by Crippen LogP contribution is 2.21. The molecule has 0 fully saturated rings. The first-order valence-corrected chi connectivity index (χ1v) is 14.8. The monoisotopic (exact) mass is 553 g/mol. The first kappa shape index (κ1) is 29.8. The van der Waals surface area contributed by atoms with Gasteiger partial charge < -0.3 is 10.2 Å². The van der Waals surface area contributed by atoms with E-state index in [1.165, 1.54) is 11.0 Å². The molecule has 0 saturated carbocycles. The van der Waals surface area contributed by atoms with Gasteiger partial charge in [0.25, 0.3) is 0 Å². The Balaban J connectivity index is 2.03. The van der Waals surface area contributed by atoms with Crippen LogP contribution in [0.5, 0.6) is 0 Å². The Hall–Kier alpha value is -3.72. The number of carbonyl (C=O) groups is 2. The van der Waals surface area contributed by atoms with Crippen LogP contribution in [0.4, 0.5) is 10.1 Å². The van der Waals surface area contributed by atoms with E-state index in [1.807, 2.05) is 44.2 Å². The average Bonchev–Trinajstić information content (AvgIpc) is 2.91. The molecule has 3 aromatic carbocycles. The van der Waals surface area contributed by atoms with E-state index in [0.717, 1.165) is 34.5 Å². The van der Waals surface area contributed by atoms with Gasteiger partial charge in [-0.3, -0.25) is 13.9 Å². The first-order valence-electron chi connectivity index (χ1n) is 13.0. The molecule has 0 saturated heterocycles.